The van der Waals surface area contributed by atoms with E-state index < -0.39 is 17.7 Å². The van der Waals surface area contributed by atoms with Crippen molar-refractivity contribution in [2.45, 2.75) is 32.4 Å². The fraction of sp³-hybridized carbons (Fsp3) is 0.600. The van der Waals surface area contributed by atoms with Gasteiger partial charge in [0.1, 0.15) is 11.6 Å². The molecule has 0 saturated carbocycles. The van der Waals surface area contributed by atoms with Crippen LogP contribution in [0.1, 0.15) is 31.9 Å². The molecule has 5 heteroatoms. The Balaban J connectivity index is 2.30. The number of hydrogen-bond donors (Lipinski definition) is 2. The molecule has 0 spiro atoms. The Labute approximate surface area is 119 Å². The third kappa shape index (κ3) is 5.53. The molecule has 1 atom stereocenters. The molecule has 1 rings (SSSR count). The molecule has 1 aromatic carbocycles. The Kier molecular flexibility index (Phi) is 7.05. The lowest BCUT2D eigenvalue weighted by atomic mass is 10.1. The molecule has 0 fully saturated rings. The molecule has 114 valence electrons. The summed E-state index contributed by atoms with van der Waals surface area (Å²) in [6.45, 7) is 6.15. The van der Waals surface area contributed by atoms with Crippen molar-refractivity contribution < 1.29 is 13.9 Å². The smallest absolute Gasteiger partial charge is 0.129 e. The highest BCUT2D eigenvalue weighted by Crippen LogP contribution is 2.17. The Morgan fingerprint density at radius 3 is 2.65 bits per heavy atom. The van der Waals surface area contributed by atoms with E-state index in [4.69, 9.17) is 0 Å². The van der Waals surface area contributed by atoms with Crippen molar-refractivity contribution in [3.05, 3.63) is 35.4 Å². The summed E-state index contributed by atoms with van der Waals surface area (Å²) in [5.41, 5.74) is -0.00296. The Bertz CT molecular complexity index is 413. The van der Waals surface area contributed by atoms with Crippen LogP contribution >= 0.6 is 0 Å². The van der Waals surface area contributed by atoms with Gasteiger partial charge in [-0.2, -0.15) is 0 Å². The first-order valence-corrected chi connectivity index (χ1v) is 6.95. The largest absolute Gasteiger partial charge is 0.387 e. The van der Waals surface area contributed by atoms with Crippen LogP contribution in [0, 0.1) is 11.6 Å². The number of nitrogens with zero attached hydrogens (tertiary/aromatic N) is 1. The lowest BCUT2D eigenvalue weighted by Crippen LogP contribution is -2.30. The maximum atomic E-state index is 13.4. The molecule has 0 bridgehead atoms. The molecule has 20 heavy (non-hydrogen) atoms. The van der Waals surface area contributed by atoms with Gasteiger partial charge < -0.3 is 15.3 Å². The van der Waals surface area contributed by atoms with Gasteiger partial charge >= 0.3 is 0 Å². The minimum Gasteiger partial charge on any atom is -0.387 e. The first kappa shape index (κ1) is 17.0. The van der Waals surface area contributed by atoms with Crippen LogP contribution in [0.15, 0.2) is 18.2 Å². The summed E-state index contributed by atoms with van der Waals surface area (Å²) in [6.07, 6.45) is -0.0962. The summed E-state index contributed by atoms with van der Waals surface area (Å²) in [4.78, 5) is 2.23. The van der Waals surface area contributed by atoms with Crippen LogP contribution in [0.5, 0.6) is 0 Å². The second kappa shape index (κ2) is 8.29. The first-order chi connectivity index (χ1) is 9.41. The van der Waals surface area contributed by atoms with Gasteiger partial charge in [-0.15, -0.1) is 0 Å². The molecule has 0 aliphatic carbocycles. The zero-order valence-electron chi connectivity index (χ0n) is 12.4. The van der Waals surface area contributed by atoms with Crippen molar-refractivity contribution in [1.29, 1.82) is 0 Å². The summed E-state index contributed by atoms with van der Waals surface area (Å²) < 4.78 is 26.4. The predicted molar refractivity (Wildman–Crippen MR) is 76.6 cm³/mol. The lowest BCUT2D eigenvalue weighted by Gasteiger charge is -2.21. The van der Waals surface area contributed by atoms with E-state index in [2.05, 4.69) is 31.1 Å². The normalized spacial score (nSPS) is 13.2. The summed E-state index contributed by atoms with van der Waals surface area (Å²) in [5, 5.41) is 12.9. The molecule has 0 radical (unpaired) electrons. The maximum absolute atomic E-state index is 13.4. The third-order valence-electron chi connectivity index (χ3n) is 3.40. The summed E-state index contributed by atoms with van der Waals surface area (Å²) in [6, 6.07) is 3.61. The minimum atomic E-state index is -1.03. The van der Waals surface area contributed by atoms with Gasteiger partial charge in [0.05, 0.1) is 6.10 Å². The molecule has 0 amide bonds. The molecule has 0 aliphatic rings. The van der Waals surface area contributed by atoms with Crippen molar-refractivity contribution in [3.63, 3.8) is 0 Å². The number of aliphatic hydroxyl groups is 1. The van der Waals surface area contributed by atoms with Gasteiger partial charge in [0, 0.05) is 18.2 Å². The van der Waals surface area contributed by atoms with E-state index in [1.807, 2.05) is 0 Å². The van der Waals surface area contributed by atoms with Gasteiger partial charge in [-0.25, -0.2) is 8.78 Å². The second-order valence-electron chi connectivity index (χ2n) is 5.31. The van der Waals surface area contributed by atoms with E-state index in [9.17, 15) is 13.9 Å². The van der Waals surface area contributed by atoms with Gasteiger partial charge in [-0.1, -0.05) is 0 Å². The number of hydrogen-bond acceptors (Lipinski definition) is 3. The fourth-order valence-corrected chi connectivity index (χ4v) is 1.83. The van der Waals surface area contributed by atoms with E-state index in [-0.39, 0.29) is 12.1 Å². The van der Waals surface area contributed by atoms with Gasteiger partial charge in [0.15, 0.2) is 0 Å². The quantitative estimate of drug-likeness (QED) is 0.720. The molecule has 2 N–H and O–H groups in total. The van der Waals surface area contributed by atoms with Crippen molar-refractivity contribution in [1.82, 2.24) is 10.2 Å². The van der Waals surface area contributed by atoms with Gasteiger partial charge in [-0.05, 0) is 58.6 Å². The van der Waals surface area contributed by atoms with E-state index in [0.717, 1.165) is 37.7 Å². The van der Waals surface area contributed by atoms with Gasteiger partial charge in [0.25, 0.3) is 0 Å². The zero-order chi connectivity index (χ0) is 15.1. The highest BCUT2D eigenvalue weighted by Gasteiger charge is 2.13. The molecule has 1 aromatic rings. The third-order valence-corrected chi connectivity index (χ3v) is 3.40. The number of benzene rings is 1. The van der Waals surface area contributed by atoms with Crippen LogP contribution in [-0.4, -0.2) is 42.7 Å². The number of aliphatic hydroxyl groups excluding tert-OH is 1. The molecular formula is C15H24F2N2O. The topological polar surface area (TPSA) is 35.5 Å². The molecule has 0 aromatic heterocycles. The molecular weight excluding hydrogens is 262 g/mol. The number of nitrogens with one attached hydrogen (secondary N) is 1. The van der Waals surface area contributed by atoms with Gasteiger partial charge in [0.2, 0.25) is 0 Å². The number of halogens is 2. The average molecular weight is 286 g/mol. The van der Waals surface area contributed by atoms with Crippen LogP contribution < -0.4 is 5.32 Å². The average Bonchev–Trinajstić information content (AvgIpc) is 2.40. The van der Waals surface area contributed by atoms with Crippen LogP contribution in [0.4, 0.5) is 8.78 Å². The van der Waals surface area contributed by atoms with Gasteiger partial charge in [-0.3, -0.25) is 0 Å². The summed E-state index contributed by atoms with van der Waals surface area (Å²) in [5.74, 6) is -1.13. The SMILES string of the molecule is CC(C)N(C)CCCNCC(O)c1cc(F)ccc1F. The Morgan fingerprint density at radius 2 is 2.00 bits per heavy atom. The van der Waals surface area contributed by atoms with Crippen LogP contribution in [0.2, 0.25) is 0 Å². The van der Waals surface area contributed by atoms with E-state index >= 15 is 0 Å². The van der Waals surface area contributed by atoms with Crippen molar-refractivity contribution in [2.75, 3.05) is 26.7 Å². The van der Waals surface area contributed by atoms with Crippen molar-refractivity contribution in [3.8, 4) is 0 Å². The van der Waals surface area contributed by atoms with Crippen LogP contribution in [0.25, 0.3) is 0 Å². The van der Waals surface area contributed by atoms with E-state index in [1.165, 1.54) is 0 Å². The standard InChI is InChI=1S/C15H24F2N2O/c1-11(2)19(3)8-4-7-18-10-15(20)13-9-12(16)5-6-14(13)17/h5-6,9,11,15,18,20H,4,7-8,10H2,1-3H3. The summed E-state index contributed by atoms with van der Waals surface area (Å²) >= 11 is 0. The maximum Gasteiger partial charge on any atom is 0.129 e. The second-order valence-corrected chi connectivity index (χ2v) is 5.31. The van der Waals surface area contributed by atoms with Crippen LogP contribution in [0.3, 0.4) is 0 Å². The zero-order valence-corrected chi connectivity index (χ0v) is 12.4. The molecule has 0 aliphatic heterocycles. The molecule has 0 saturated heterocycles. The Morgan fingerprint density at radius 1 is 1.30 bits per heavy atom. The number of rotatable bonds is 8. The van der Waals surface area contributed by atoms with Crippen LogP contribution in [-0.2, 0) is 0 Å². The predicted octanol–water partition coefficient (Wildman–Crippen LogP) is 2.32. The molecule has 3 nitrogen and oxygen atoms in total. The highest BCUT2D eigenvalue weighted by atomic mass is 19.1. The highest BCUT2D eigenvalue weighted by molar-refractivity contribution is 5.21. The molecule has 1 unspecified atom stereocenters. The first-order valence-electron chi connectivity index (χ1n) is 6.95. The molecule has 0 heterocycles. The van der Waals surface area contributed by atoms with E-state index in [0.29, 0.717) is 6.04 Å². The Hall–Kier alpha value is -1.04. The fourth-order valence-electron chi connectivity index (χ4n) is 1.83. The monoisotopic (exact) mass is 286 g/mol. The minimum absolute atomic E-state index is 0.00296. The van der Waals surface area contributed by atoms with Crippen molar-refractivity contribution in [2.24, 2.45) is 0 Å². The summed E-state index contributed by atoms with van der Waals surface area (Å²) in [7, 11) is 2.06. The lowest BCUT2D eigenvalue weighted by molar-refractivity contribution is 0.168. The van der Waals surface area contributed by atoms with E-state index in [1.54, 1.807) is 0 Å². The van der Waals surface area contributed by atoms with Crippen molar-refractivity contribution >= 4 is 0 Å².